The van der Waals surface area contributed by atoms with Gasteiger partial charge in [0.05, 0.1) is 30.1 Å². The number of amides is 6. The van der Waals surface area contributed by atoms with Crippen molar-refractivity contribution in [3.05, 3.63) is 113 Å². The maximum absolute atomic E-state index is 14.2. The number of H-pyrrole nitrogens is 1. The minimum atomic E-state index is -0.955. The number of ether oxygens (including phenoxy) is 1. The van der Waals surface area contributed by atoms with E-state index in [1.807, 2.05) is 61.2 Å². The number of imidazole rings is 1. The van der Waals surface area contributed by atoms with Crippen molar-refractivity contribution in [2.45, 2.75) is 76.5 Å². The Bertz CT molecular complexity index is 2670. The van der Waals surface area contributed by atoms with Gasteiger partial charge in [0.15, 0.2) is 0 Å². The molecule has 0 bridgehead atoms. The number of alkyl carbamates (subject to hydrolysis) is 1. The van der Waals surface area contributed by atoms with Crippen LogP contribution in [-0.4, -0.2) is 131 Å². The second-order valence-electron chi connectivity index (χ2n) is 17.7. The molecule has 6 amide bonds. The molecular weight excluding hydrogens is 897 g/mol. The van der Waals surface area contributed by atoms with E-state index in [-0.39, 0.29) is 36.2 Å². The zero-order valence-corrected chi connectivity index (χ0v) is 39.7. The molecule has 2 aliphatic rings. The number of nitrogens with zero attached hydrogens (tertiary/aromatic N) is 5. The minimum Gasteiger partial charge on any atom is -0.449 e. The van der Waals surface area contributed by atoms with Crippen LogP contribution in [0.25, 0.3) is 22.0 Å². The average molecular weight is 959 g/mol. The van der Waals surface area contributed by atoms with Crippen LogP contribution < -0.4 is 42.8 Å². The van der Waals surface area contributed by atoms with Gasteiger partial charge >= 0.3 is 6.09 Å². The molecule has 0 saturated carbocycles. The largest absolute Gasteiger partial charge is 0.449 e. The van der Waals surface area contributed by atoms with E-state index < -0.39 is 66.5 Å². The number of likely N-dealkylation sites (N-methyl/N-ethyl adjacent to an activating group) is 1. The standard InChI is InChI=1S/C50H62N12O8/c1-4-31(2)45(59-50(69)70-28-39-36-13-7-5-11-34(36)35-12-6-8-14-37(35)39)47(66)58-41(15-9-10-18-51)49(68)61-21-19-60(20-22-61)33-16-17-40-38(24-33)48(67)62(30-56-40)27-44(64)54-26-43(63)57-42(46(65)52-3)23-32-25-53-29-55-32/h5-8,11-14,16-17,24-25,29-31,39,41-42,45H,4,9-10,15,18-23,26-28,51H2,1-3H3,(H,52,65)(H,53,55)(H,54,64)(H,57,63)(H,58,66)(H,59,69)/t31-,41-,42-,45-/m0/s1. The molecule has 370 valence electrons. The van der Waals surface area contributed by atoms with Gasteiger partial charge in [0.1, 0.15) is 31.3 Å². The van der Waals surface area contributed by atoms with E-state index in [1.54, 1.807) is 23.2 Å². The SMILES string of the molecule is CC[C@H](C)[C@H](NC(=O)OCC1c2ccccc2-c2ccccc21)C(=O)N[C@@H](CCCCN)C(=O)N1CCN(c2ccc3ncn(CC(=O)NCC(=O)N[C@@H](Cc4cnc[nH]4)C(=O)NC)c(=O)c3c2)CC1. The summed E-state index contributed by atoms with van der Waals surface area (Å²) in [5, 5.41) is 13.7. The fraction of sp³-hybridized carbons (Fsp3) is 0.420. The zero-order chi connectivity index (χ0) is 49.7. The minimum absolute atomic E-state index is 0.0931. The molecule has 0 spiro atoms. The number of hydrogen-bond donors (Lipinski definition) is 7. The summed E-state index contributed by atoms with van der Waals surface area (Å²) in [4.78, 5) is 108. The van der Waals surface area contributed by atoms with Gasteiger partial charge in [-0.3, -0.25) is 33.3 Å². The first-order valence-electron chi connectivity index (χ1n) is 23.8. The molecule has 70 heavy (non-hydrogen) atoms. The normalized spacial score (nSPS) is 14.9. The zero-order valence-electron chi connectivity index (χ0n) is 39.7. The molecule has 3 heterocycles. The van der Waals surface area contributed by atoms with Gasteiger partial charge in [-0.2, -0.15) is 0 Å². The van der Waals surface area contributed by atoms with Crippen molar-refractivity contribution in [2.75, 3.05) is 57.8 Å². The molecule has 7 rings (SSSR count). The third-order valence-electron chi connectivity index (χ3n) is 13.1. The van der Waals surface area contributed by atoms with Gasteiger partial charge in [0.2, 0.25) is 29.5 Å². The van der Waals surface area contributed by atoms with Gasteiger partial charge in [-0.1, -0.05) is 68.8 Å². The lowest BCUT2D eigenvalue weighted by atomic mass is 9.97. The van der Waals surface area contributed by atoms with Crippen LogP contribution in [-0.2, 0) is 41.7 Å². The highest BCUT2D eigenvalue weighted by atomic mass is 16.5. The fourth-order valence-corrected chi connectivity index (χ4v) is 8.98. The van der Waals surface area contributed by atoms with Crippen LogP contribution in [0.4, 0.5) is 10.5 Å². The number of carbonyl (C=O) groups is 6. The molecule has 4 atom stereocenters. The molecule has 1 fully saturated rings. The maximum Gasteiger partial charge on any atom is 0.407 e. The molecule has 1 aliphatic carbocycles. The second kappa shape index (κ2) is 23.6. The number of unbranched alkanes of at least 4 members (excludes halogenated alkanes) is 1. The van der Waals surface area contributed by atoms with Gasteiger partial charge in [0.25, 0.3) is 5.56 Å². The summed E-state index contributed by atoms with van der Waals surface area (Å²) in [6.45, 7) is 5.03. The molecular formula is C50H62N12O8. The number of nitrogens with two attached hydrogens (primary N) is 1. The van der Waals surface area contributed by atoms with E-state index in [1.165, 1.54) is 19.7 Å². The van der Waals surface area contributed by atoms with Crippen LogP contribution in [0.5, 0.6) is 0 Å². The van der Waals surface area contributed by atoms with Crippen LogP contribution in [0.1, 0.15) is 62.3 Å². The number of hydrogen-bond acceptors (Lipinski definition) is 12. The van der Waals surface area contributed by atoms with Crippen molar-refractivity contribution in [2.24, 2.45) is 11.7 Å². The molecule has 0 radical (unpaired) electrons. The lowest BCUT2D eigenvalue weighted by Gasteiger charge is -2.38. The molecule has 8 N–H and O–H groups in total. The Kier molecular flexibility index (Phi) is 17.0. The Balaban J connectivity index is 0.935. The van der Waals surface area contributed by atoms with E-state index in [0.717, 1.165) is 32.5 Å². The number of nitrogens with one attached hydrogen (secondary N) is 6. The Morgan fingerprint density at radius 2 is 1.59 bits per heavy atom. The number of piperazine rings is 1. The molecule has 0 unspecified atom stereocenters. The van der Waals surface area contributed by atoms with E-state index in [9.17, 15) is 33.6 Å². The molecule has 2 aromatic heterocycles. The molecule has 1 aliphatic heterocycles. The van der Waals surface area contributed by atoms with Gasteiger partial charge in [-0.15, -0.1) is 0 Å². The first-order valence-corrected chi connectivity index (χ1v) is 23.8. The Morgan fingerprint density at radius 1 is 0.871 bits per heavy atom. The van der Waals surface area contributed by atoms with Crippen LogP contribution in [0.15, 0.2) is 90.4 Å². The predicted octanol–water partition coefficient (Wildman–Crippen LogP) is 1.93. The van der Waals surface area contributed by atoms with Gasteiger partial charge < -0.3 is 51.8 Å². The van der Waals surface area contributed by atoms with Crippen LogP contribution >= 0.6 is 0 Å². The highest BCUT2D eigenvalue weighted by Gasteiger charge is 2.34. The number of aromatic amines is 1. The topological polar surface area (TPSA) is 268 Å². The molecule has 3 aromatic carbocycles. The summed E-state index contributed by atoms with van der Waals surface area (Å²) in [7, 11) is 1.45. The molecule has 20 heteroatoms. The number of carbonyl (C=O) groups excluding carboxylic acids is 6. The number of benzene rings is 3. The molecule has 5 aromatic rings. The second-order valence-corrected chi connectivity index (χ2v) is 17.7. The number of anilines is 1. The van der Waals surface area contributed by atoms with Crippen molar-refractivity contribution in [1.82, 2.24) is 51.0 Å². The van der Waals surface area contributed by atoms with Crippen LogP contribution in [0.2, 0.25) is 0 Å². The monoisotopic (exact) mass is 958 g/mol. The smallest absolute Gasteiger partial charge is 0.407 e. The van der Waals surface area contributed by atoms with E-state index in [2.05, 4.69) is 53.7 Å². The first-order chi connectivity index (χ1) is 33.9. The summed E-state index contributed by atoms with van der Waals surface area (Å²) in [6.07, 6.45) is 5.93. The van der Waals surface area contributed by atoms with Gasteiger partial charge in [0, 0.05) is 63.1 Å². The lowest BCUT2D eigenvalue weighted by Crippen LogP contribution is -2.58. The maximum atomic E-state index is 14.2. The van der Waals surface area contributed by atoms with Crippen LogP contribution in [0, 0.1) is 5.92 Å². The molecule has 1 saturated heterocycles. The number of rotatable bonds is 21. The van der Waals surface area contributed by atoms with Crippen molar-refractivity contribution in [3.63, 3.8) is 0 Å². The third-order valence-corrected chi connectivity index (χ3v) is 13.1. The Hall–Kier alpha value is -7.61. The fourth-order valence-electron chi connectivity index (χ4n) is 8.98. The predicted molar refractivity (Wildman–Crippen MR) is 262 cm³/mol. The molecule has 20 nitrogen and oxygen atoms in total. The summed E-state index contributed by atoms with van der Waals surface area (Å²) >= 11 is 0. The summed E-state index contributed by atoms with van der Waals surface area (Å²) < 4.78 is 6.95. The van der Waals surface area contributed by atoms with Gasteiger partial charge in [-0.05, 0) is 72.2 Å². The summed E-state index contributed by atoms with van der Waals surface area (Å²) in [5.74, 6) is -2.76. The number of fused-ring (bicyclic) bond motifs is 4. The van der Waals surface area contributed by atoms with Gasteiger partial charge in [-0.25, -0.2) is 14.8 Å². The highest BCUT2D eigenvalue weighted by molar-refractivity contribution is 5.92. The van der Waals surface area contributed by atoms with Crippen molar-refractivity contribution in [3.8, 4) is 11.1 Å². The van der Waals surface area contributed by atoms with Crippen LogP contribution in [0.3, 0.4) is 0 Å². The van der Waals surface area contributed by atoms with E-state index in [4.69, 9.17) is 10.5 Å². The van der Waals surface area contributed by atoms with Crippen molar-refractivity contribution < 1.29 is 33.5 Å². The quantitative estimate of drug-likeness (QED) is 0.0521. The third kappa shape index (κ3) is 12.2. The summed E-state index contributed by atoms with van der Waals surface area (Å²) in [6, 6.07) is 18.7. The average Bonchev–Trinajstić information content (AvgIpc) is 4.02. The first kappa shape index (κ1) is 50.3. The summed E-state index contributed by atoms with van der Waals surface area (Å²) in [5.41, 5.74) is 11.5. The highest BCUT2D eigenvalue weighted by Crippen LogP contribution is 2.44. The number of aromatic nitrogens is 4. The van der Waals surface area contributed by atoms with E-state index in [0.29, 0.717) is 69.6 Å². The van der Waals surface area contributed by atoms with Crippen molar-refractivity contribution >= 4 is 52.2 Å². The Morgan fingerprint density at radius 3 is 2.24 bits per heavy atom. The van der Waals surface area contributed by atoms with Crippen molar-refractivity contribution in [1.29, 1.82) is 0 Å². The Labute approximate surface area is 405 Å². The lowest BCUT2D eigenvalue weighted by molar-refractivity contribution is -0.137. The van der Waals surface area contributed by atoms with E-state index >= 15 is 0 Å².